The third-order valence-electron chi connectivity index (χ3n) is 4.71. The molecule has 0 aliphatic carbocycles. The molecule has 0 unspecified atom stereocenters. The Morgan fingerprint density at radius 3 is 2.47 bits per heavy atom. The third-order valence-corrected chi connectivity index (χ3v) is 6.86. The Hall–Kier alpha value is -3.05. The topological polar surface area (TPSA) is 105 Å². The lowest BCUT2D eigenvalue weighted by atomic mass is 10.1. The molecule has 3 aromatic rings. The summed E-state index contributed by atoms with van der Waals surface area (Å²) in [6.45, 7) is 3.96. The smallest absolute Gasteiger partial charge is 0.341 e. The highest BCUT2D eigenvalue weighted by molar-refractivity contribution is 7.99. The molecule has 0 aliphatic heterocycles. The van der Waals surface area contributed by atoms with E-state index in [1.54, 1.807) is 11.7 Å². The van der Waals surface area contributed by atoms with Crippen LogP contribution in [-0.4, -0.2) is 46.6 Å². The van der Waals surface area contributed by atoms with Gasteiger partial charge in [0.1, 0.15) is 23.1 Å². The first-order valence-corrected chi connectivity index (χ1v) is 11.4. The molecule has 0 fully saturated rings. The quantitative estimate of drug-likeness (QED) is 0.369. The molecular weight excluding hydrogens is 452 g/mol. The number of nitrogens with one attached hydrogen (secondary N) is 1. The number of carbonyl (C=O) groups is 2. The molecule has 9 nitrogen and oxygen atoms in total. The van der Waals surface area contributed by atoms with Gasteiger partial charge in [0.15, 0.2) is 11.0 Å². The van der Waals surface area contributed by atoms with Crippen molar-refractivity contribution in [2.45, 2.75) is 25.6 Å². The maximum absolute atomic E-state index is 12.5. The van der Waals surface area contributed by atoms with Crippen LogP contribution in [0, 0.1) is 13.8 Å². The highest BCUT2D eigenvalue weighted by Gasteiger charge is 2.22. The number of benzene rings is 1. The molecule has 0 spiro atoms. The number of anilines is 1. The van der Waals surface area contributed by atoms with E-state index in [-0.39, 0.29) is 18.3 Å². The third kappa shape index (κ3) is 5.40. The summed E-state index contributed by atoms with van der Waals surface area (Å²) in [6, 6.07) is 7.25. The number of nitrogens with zero attached hydrogens (tertiary/aromatic N) is 3. The van der Waals surface area contributed by atoms with Crippen molar-refractivity contribution in [2.24, 2.45) is 7.05 Å². The Labute approximate surface area is 194 Å². The van der Waals surface area contributed by atoms with Crippen LogP contribution in [0.15, 0.2) is 29.4 Å². The molecular formula is C21H24N4O5S2. The van der Waals surface area contributed by atoms with E-state index in [0.29, 0.717) is 27.3 Å². The predicted octanol–water partition coefficient (Wildman–Crippen LogP) is 3.60. The largest absolute Gasteiger partial charge is 0.497 e. The van der Waals surface area contributed by atoms with Crippen LogP contribution in [0.25, 0.3) is 0 Å². The summed E-state index contributed by atoms with van der Waals surface area (Å²) in [7, 11) is 4.74. The van der Waals surface area contributed by atoms with Gasteiger partial charge in [-0.25, -0.2) is 4.79 Å². The van der Waals surface area contributed by atoms with Crippen LogP contribution in [0.3, 0.4) is 0 Å². The summed E-state index contributed by atoms with van der Waals surface area (Å²) in [6.07, 6.45) is 0. The van der Waals surface area contributed by atoms with E-state index in [1.165, 1.54) is 30.2 Å². The fourth-order valence-corrected chi connectivity index (χ4v) is 4.57. The van der Waals surface area contributed by atoms with E-state index >= 15 is 0 Å². The van der Waals surface area contributed by atoms with Crippen molar-refractivity contribution in [1.29, 1.82) is 0 Å². The van der Waals surface area contributed by atoms with E-state index in [0.717, 1.165) is 16.2 Å². The lowest BCUT2D eigenvalue weighted by Gasteiger charge is -2.08. The summed E-state index contributed by atoms with van der Waals surface area (Å²) in [5.74, 6) is 1.46. The summed E-state index contributed by atoms with van der Waals surface area (Å²) in [5.41, 5.74) is 1.20. The first-order chi connectivity index (χ1) is 15.3. The van der Waals surface area contributed by atoms with Crippen LogP contribution in [0.4, 0.5) is 5.00 Å². The van der Waals surface area contributed by atoms with E-state index in [4.69, 9.17) is 14.2 Å². The fourth-order valence-electron chi connectivity index (χ4n) is 2.77. The fraction of sp³-hybridized carbons (Fsp3) is 0.333. The highest BCUT2D eigenvalue weighted by atomic mass is 32.2. The maximum Gasteiger partial charge on any atom is 0.341 e. The molecule has 3 rings (SSSR count). The van der Waals surface area contributed by atoms with Gasteiger partial charge in [-0.3, -0.25) is 4.79 Å². The lowest BCUT2D eigenvalue weighted by Crippen LogP contribution is -2.16. The number of methoxy groups -OCH3 is 2. The van der Waals surface area contributed by atoms with Gasteiger partial charge in [0.05, 0.1) is 25.5 Å². The van der Waals surface area contributed by atoms with Gasteiger partial charge in [-0.1, -0.05) is 11.8 Å². The standard InChI is InChI=1S/C21H24N4O5S2/c1-12-13(2)32-19(18(12)20(27)29-5)22-17(26)11-31-21-24-23-16(25(21)3)10-30-15-8-6-14(28-4)7-9-15/h6-9H,10-11H2,1-5H3,(H,22,26). The molecule has 0 radical (unpaired) electrons. The average Bonchev–Trinajstić information content (AvgIpc) is 3.28. The molecule has 0 saturated carbocycles. The highest BCUT2D eigenvalue weighted by Crippen LogP contribution is 2.33. The predicted molar refractivity (Wildman–Crippen MR) is 123 cm³/mol. The van der Waals surface area contributed by atoms with Gasteiger partial charge in [0.25, 0.3) is 0 Å². The number of thioether (sulfide) groups is 1. The Balaban J connectivity index is 1.57. The zero-order valence-electron chi connectivity index (χ0n) is 18.4. The number of ether oxygens (including phenoxy) is 3. The van der Waals surface area contributed by atoms with Gasteiger partial charge < -0.3 is 24.1 Å². The van der Waals surface area contributed by atoms with E-state index in [1.807, 2.05) is 45.2 Å². The summed E-state index contributed by atoms with van der Waals surface area (Å²) >= 11 is 2.60. The molecule has 2 aromatic heterocycles. The number of aryl methyl sites for hydroxylation is 1. The second-order valence-corrected chi connectivity index (χ2v) is 8.91. The van der Waals surface area contributed by atoms with E-state index in [9.17, 15) is 9.59 Å². The number of rotatable bonds is 9. The first kappa shape index (κ1) is 23.6. The maximum atomic E-state index is 12.5. The summed E-state index contributed by atoms with van der Waals surface area (Å²) in [5, 5.41) is 12.2. The molecule has 2 heterocycles. The molecule has 11 heteroatoms. The number of amides is 1. The van der Waals surface area contributed by atoms with Crippen molar-refractivity contribution in [1.82, 2.24) is 14.8 Å². The lowest BCUT2D eigenvalue weighted by molar-refractivity contribution is -0.113. The number of hydrogen-bond donors (Lipinski definition) is 1. The Bertz CT molecular complexity index is 1110. The Morgan fingerprint density at radius 1 is 1.12 bits per heavy atom. The molecule has 32 heavy (non-hydrogen) atoms. The monoisotopic (exact) mass is 476 g/mol. The molecule has 0 aliphatic rings. The SMILES string of the molecule is COC(=O)c1c(NC(=O)CSc2nnc(COc3ccc(OC)cc3)n2C)sc(C)c1C. The minimum absolute atomic E-state index is 0.113. The molecule has 1 aromatic carbocycles. The van der Waals surface area contributed by atoms with E-state index < -0.39 is 5.97 Å². The van der Waals surface area contributed by atoms with E-state index in [2.05, 4.69) is 15.5 Å². The van der Waals surface area contributed by atoms with Crippen molar-refractivity contribution in [3.05, 3.63) is 46.1 Å². The average molecular weight is 477 g/mol. The van der Waals surface area contributed by atoms with Gasteiger partial charge in [-0.15, -0.1) is 21.5 Å². The van der Waals surface area contributed by atoms with Crippen molar-refractivity contribution in [3.63, 3.8) is 0 Å². The minimum Gasteiger partial charge on any atom is -0.497 e. The molecule has 1 amide bonds. The minimum atomic E-state index is -0.468. The van der Waals surface area contributed by atoms with Crippen molar-refractivity contribution >= 4 is 40.0 Å². The molecule has 0 saturated heterocycles. The van der Waals surface area contributed by atoms with Crippen LogP contribution >= 0.6 is 23.1 Å². The van der Waals surface area contributed by atoms with Gasteiger partial charge in [-0.2, -0.15) is 0 Å². The molecule has 1 N–H and O–H groups in total. The van der Waals surface area contributed by atoms with Gasteiger partial charge in [0, 0.05) is 11.9 Å². The zero-order valence-corrected chi connectivity index (χ0v) is 20.1. The van der Waals surface area contributed by atoms with Crippen molar-refractivity contribution in [2.75, 3.05) is 25.3 Å². The molecule has 0 atom stereocenters. The number of hydrogen-bond acceptors (Lipinski definition) is 9. The second kappa shape index (κ2) is 10.5. The second-order valence-electron chi connectivity index (χ2n) is 6.74. The number of thiophene rings is 1. The first-order valence-electron chi connectivity index (χ1n) is 9.60. The number of aromatic nitrogens is 3. The van der Waals surface area contributed by atoms with Crippen LogP contribution in [0.1, 0.15) is 26.6 Å². The van der Waals surface area contributed by atoms with Gasteiger partial charge >= 0.3 is 5.97 Å². The summed E-state index contributed by atoms with van der Waals surface area (Å²) < 4.78 is 17.5. The van der Waals surface area contributed by atoms with Gasteiger partial charge in [-0.05, 0) is 43.7 Å². The molecule has 0 bridgehead atoms. The summed E-state index contributed by atoms with van der Waals surface area (Å²) in [4.78, 5) is 25.5. The van der Waals surface area contributed by atoms with Crippen LogP contribution in [0.5, 0.6) is 11.5 Å². The van der Waals surface area contributed by atoms with Gasteiger partial charge in [0.2, 0.25) is 5.91 Å². The van der Waals surface area contributed by atoms with Crippen LogP contribution < -0.4 is 14.8 Å². The van der Waals surface area contributed by atoms with Crippen molar-refractivity contribution in [3.8, 4) is 11.5 Å². The van der Waals surface area contributed by atoms with Crippen molar-refractivity contribution < 1.29 is 23.8 Å². The normalized spacial score (nSPS) is 10.7. The molecule has 170 valence electrons. The Kier molecular flexibility index (Phi) is 7.75. The Morgan fingerprint density at radius 2 is 1.81 bits per heavy atom. The zero-order chi connectivity index (χ0) is 23.3. The number of esters is 1. The van der Waals surface area contributed by atoms with Crippen LogP contribution in [0.2, 0.25) is 0 Å². The van der Waals surface area contributed by atoms with Crippen LogP contribution in [-0.2, 0) is 23.2 Å². The number of carbonyl (C=O) groups excluding carboxylic acids is 2.